The summed E-state index contributed by atoms with van der Waals surface area (Å²) in [6, 6.07) is 10.0. The standard InChI is InChI=1S/C23H23NO3/c25-22(13-19-8-6-17(14-24-19)16-4-2-1-3-5-16)23(10-11-23)18-7-9-20-21(12-18)27-15-26-20/h4,6-9,12,14H,1-3,5,10-11,13,15H2. The van der Waals surface area contributed by atoms with Gasteiger partial charge in [-0.1, -0.05) is 18.2 Å². The van der Waals surface area contributed by atoms with Crippen molar-refractivity contribution in [2.24, 2.45) is 0 Å². The Kier molecular flexibility index (Phi) is 4.00. The lowest BCUT2D eigenvalue weighted by atomic mass is 9.88. The average molecular weight is 361 g/mol. The van der Waals surface area contributed by atoms with Crippen molar-refractivity contribution >= 4 is 11.4 Å². The van der Waals surface area contributed by atoms with Gasteiger partial charge in [-0.15, -0.1) is 0 Å². The summed E-state index contributed by atoms with van der Waals surface area (Å²) in [7, 11) is 0. The van der Waals surface area contributed by atoms with Crippen molar-refractivity contribution in [2.45, 2.75) is 50.4 Å². The fourth-order valence-electron chi connectivity index (χ4n) is 4.20. The third kappa shape index (κ3) is 3.03. The summed E-state index contributed by atoms with van der Waals surface area (Å²) in [5.74, 6) is 1.75. The lowest BCUT2D eigenvalue weighted by Crippen LogP contribution is -2.23. The number of benzene rings is 1. The van der Waals surface area contributed by atoms with Crippen molar-refractivity contribution in [1.29, 1.82) is 0 Å². The predicted molar refractivity (Wildman–Crippen MR) is 103 cm³/mol. The van der Waals surface area contributed by atoms with E-state index in [1.54, 1.807) is 0 Å². The van der Waals surface area contributed by atoms with Gasteiger partial charge in [0.1, 0.15) is 5.78 Å². The summed E-state index contributed by atoms with van der Waals surface area (Å²) in [5.41, 5.74) is 4.12. The molecular formula is C23H23NO3. The highest BCUT2D eigenvalue weighted by molar-refractivity contribution is 5.94. The summed E-state index contributed by atoms with van der Waals surface area (Å²) in [6.07, 6.45) is 11.3. The van der Waals surface area contributed by atoms with Crippen molar-refractivity contribution in [2.75, 3.05) is 6.79 Å². The molecule has 2 aliphatic carbocycles. The van der Waals surface area contributed by atoms with Crippen LogP contribution in [-0.4, -0.2) is 17.6 Å². The first kappa shape index (κ1) is 16.5. The van der Waals surface area contributed by atoms with Crippen LogP contribution in [0, 0.1) is 0 Å². The van der Waals surface area contributed by atoms with Gasteiger partial charge in [-0.05, 0) is 73.4 Å². The number of pyridine rings is 1. The Hall–Kier alpha value is -2.62. The van der Waals surface area contributed by atoms with Gasteiger partial charge in [0, 0.05) is 18.3 Å². The second kappa shape index (κ2) is 6.52. The molecule has 4 heteroatoms. The van der Waals surface area contributed by atoms with Crippen molar-refractivity contribution in [3.8, 4) is 11.5 Å². The minimum atomic E-state index is -0.368. The monoisotopic (exact) mass is 361 g/mol. The molecule has 0 N–H and O–H groups in total. The summed E-state index contributed by atoms with van der Waals surface area (Å²) >= 11 is 0. The van der Waals surface area contributed by atoms with Crippen molar-refractivity contribution < 1.29 is 14.3 Å². The molecule has 3 aliphatic rings. The smallest absolute Gasteiger partial charge is 0.231 e. The van der Waals surface area contributed by atoms with Gasteiger partial charge < -0.3 is 9.47 Å². The molecule has 0 saturated heterocycles. The number of hydrogen-bond donors (Lipinski definition) is 0. The van der Waals surface area contributed by atoms with E-state index in [4.69, 9.17) is 9.47 Å². The number of carbonyl (C=O) groups excluding carboxylic acids is 1. The maximum Gasteiger partial charge on any atom is 0.231 e. The number of nitrogens with zero attached hydrogens (tertiary/aromatic N) is 1. The molecule has 1 aliphatic heterocycles. The number of carbonyl (C=O) groups is 1. The molecule has 0 unspecified atom stereocenters. The maximum atomic E-state index is 13.1. The van der Waals surface area contributed by atoms with E-state index >= 15 is 0 Å². The first-order valence-corrected chi connectivity index (χ1v) is 9.82. The van der Waals surface area contributed by atoms with Crippen molar-refractivity contribution in [3.63, 3.8) is 0 Å². The number of allylic oxidation sites excluding steroid dienone is 2. The average Bonchev–Trinajstić information content (AvgIpc) is 3.40. The molecule has 0 bridgehead atoms. The number of aromatic nitrogens is 1. The van der Waals surface area contributed by atoms with E-state index in [1.807, 2.05) is 30.5 Å². The zero-order chi connectivity index (χ0) is 18.3. The molecule has 138 valence electrons. The minimum absolute atomic E-state index is 0.249. The van der Waals surface area contributed by atoms with Gasteiger partial charge in [0.15, 0.2) is 11.5 Å². The van der Waals surface area contributed by atoms with Crippen LogP contribution in [0.25, 0.3) is 5.57 Å². The van der Waals surface area contributed by atoms with E-state index in [0.717, 1.165) is 48.4 Å². The first-order valence-electron chi connectivity index (χ1n) is 9.82. The third-order valence-electron chi connectivity index (χ3n) is 6.04. The largest absolute Gasteiger partial charge is 0.454 e. The van der Waals surface area contributed by atoms with Crippen LogP contribution in [0.2, 0.25) is 0 Å². The van der Waals surface area contributed by atoms with Gasteiger partial charge in [-0.2, -0.15) is 0 Å². The molecule has 0 radical (unpaired) electrons. The van der Waals surface area contributed by atoms with Crippen LogP contribution >= 0.6 is 0 Å². The Labute approximate surface area is 159 Å². The molecule has 2 aromatic rings. The first-order chi connectivity index (χ1) is 13.2. The maximum absolute atomic E-state index is 13.1. The molecule has 1 aromatic carbocycles. The Balaban J connectivity index is 1.32. The molecule has 1 fully saturated rings. The summed E-state index contributed by atoms with van der Waals surface area (Å²) < 4.78 is 10.9. The highest BCUT2D eigenvalue weighted by atomic mass is 16.7. The Morgan fingerprint density at radius 2 is 1.96 bits per heavy atom. The van der Waals surface area contributed by atoms with Crippen LogP contribution in [-0.2, 0) is 16.6 Å². The van der Waals surface area contributed by atoms with Crippen molar-refractivity contribution in [1.82, 2.24) is 4.98 Å². The van der Waals surface area contributed by atoms with E-state index in [9.17, 15) is 4.79 Å². The van der Waals surface area contributed by atoms with Gasteiger partial charge >= 0.3 is 0 Å². The highest BCUT2D eigenvalue weighted by Gasteiger charge is 2.50. The number of rotatable bonds is 5. The molecule has 5 rings (SSSR count). The molecule has 1 saturated carbocycles. The molecule has 0 atom stereocenters. The highest BCUT2D eigenvalue weighted by Crippen LogP contribution is 2.51. The lowest BCUT2D eigenvalue weighted by Gasteiger charge is -2.16. The van der Waals surface area contributed by atoms with E-state index in [1.165, 1.54) is 24.0 Å². The third-order valence-corrected chi connectivity index (χ3v) is 6.04. The van der Waals surface area contributed by atoms with E-state index < -0.39 is 0 Å². The summed E-state index contributed by atoms with van der Waals surface area (Å²) in [5, 5.41) is 0. The van der Waals surface area contributed by atoms with Gasteiger partial charge in [-0.25, -0.2) is 0 Å². The fourth-order valence-corrected chi connectivity index (χ4v) is 4.20. The Bertz CT molecular complexity index is 910. The number of ether oxygens (including phenoxy) is 2. The topological polar surface area (TPSA) is 48.4 Å². The number of fused-ring (bicyclic) bond motifs is 1. The lowest BCUT2D eigenvalue weighted by molar-refractivity contribution is -0.120. The second-order valence-electron chi connectivity index (χ2n) is 7.76. The van der Waals surface area contributed by atoms with E-state index in [0.29, 0.717) is 6.42 Å². The fraction of sp³-hybridized carbons (Fsp3) is 0.391. The van der Waals surface area contributed by atoms with Gasteiger partial charge in [0.05, 0.1) is 5.41 Å². The predicted octanol–water partition coefficient (Wildman–Crippen LogP) is 4.61. The number of hydrogen-bond acceptors (Lipinski definition) is 4. The normalized spacial score (nSPS) is 19.5. The second-order valence-corrected chi connectivity index (χ2v) is 7.76. The zero-order valence-corrected chi connectivity index (χ0v) is 15.4. The van der Waals surface area contributed by atoms with Crippen LogP contribution in [0.5, 0.6) is 11.5 Å². The van der Waals surface area contributed by atoms with E-state index in [-0.39, 0.29) is 18.0 Å². The van der Waals surface area contributed by atoms with Crippen LogP contribution in [0.15, 0.2) is 42.6 Å². The molecule has 0 amide bonds. The Morgan fingerprint density at radius 1 is 1.07 bits per heavy atom. The molecule has 27 heavy (non-hydrogen) atoms. The molecule has 0 spiro atoms. The van der Waals surface area contributed by atoms with E-state index in [2.05, 4.69) is 17.1 Å². The zero-order valence-electron chi connectivity index (χ0n) is 15.4. The Morgan fingerprint density at radius 3 is 2.70 bits per heavy atom. The van der Waals surface area contributed by atoms with Gasteiger partial charge in [0.25, 0.3) is 0 Å². The summed E-state index contributed by atoms with van der Waals surface area (Å²) in [6.45, 7) is 0.256. The van der Waals surface area contributed by atoms with Gasteiger partial charge in [0.2, 0.25) is 6.79 Å². The van der Waals surface area contributed by atoms with Crippen LogP contribution in [0.1, 0.15) is 55.3 Å². The minimum Gasteiger partial charge on any atom is -0.454 e. The quantitative estimate of drug-likeness (QED) is 0.780. The molecule has 1 aromatic heterocycles. The van der Waals surface area contributed by atoms with Crippen LogP contribution in [0.3, 0.4) is 0 Å². The van der Waals surface area contributed by atoms with Crippen LogP contribution in [0.4, 0.5) is 0 Å². The number of ketones is 1. The molecule has 4 nitrogen and oxygen atoms in total. The molecular weight excluding hydrogens is 338 g/mol. The molecule has 2 heterocycles. The summed E-state index contributed by atoms with van der Waals surface area (Å²) in [4.78, 5) is 17.6. The van der Waals surface area contributed by atoms with Gasteiger partial charge in [-0.3, -0.25) is 9.78 Å². The van der Waals surface area contributed by atoms with Crippen LogP contribution < -0.4 is 9.47 Å². The van der Waals surface area contributed by atoms with Crippen molar-refractivity contribution in [3.05, 3.63) is 59.4 Å². The SMILES string of the molecule is O=C(Cc1ccc(C2=CCCCC2)cn1)C1(c2ccc3c(c2)OCO3)CC1. The number of Topliss-reactive ketones (excluding diaryl/α,β-unsaturated/α-hetero) is 1.